The van der Waals surface area contributed by atoms with Crippen LogP contribution in [-0.2, 0) is 14.8 Å². The minimum Gasteiger partial charge on any atom is -0.451 e. The van der Waals surface area contributed by atoms with Crippen molar-refractivity contribution >= 4 is 33.3 Å². The van der Waals surface area contributed by atoms with Crippen LogP contribution in [0.3, 0.4) is 0 Å². The topological polar surface area (TPSA) is 117 Å². The van der Waals surface area contributed by atoms with Crippen LogP contribution in [0.15, 0.2) is 59.9 Å². The number of sulfonamides is 1. The van der Waals surface area contributed by atoms with E-state index in [1.54, 1.807) is 23.2 Å². The molecule has 3 aromatic rings. The van der Waals surface area contributed by atoms with Crippen molar-refractivity contribution in [1.82, 2.24) is 24.5 Å². The van der Waals surface area contributed by atoms with E-state index in [9.17, 15) is 17.6 Å². The van der Waals surface area contributed by atoms with Gasteiger partial charge in [0.2, 0.25) is 10.0 Å². The zero-order valence-corrected chi connectivity index (χ0v) is 29.7. The molecule has 1 aromatic heterocycles. The molecule has 3 fully saturated rings. The highest BCUT2D eigenvalue weighted by Gasteiger charge is 2.46. The molecule has 0 bridgehead atoms. The summed E-state index contributed by atoms with van der Waals surface area (Å²) in [5.74, 6) is 0.535. The standard InChI is InChI=1S/C35H44ClFN6O5S/c1-4-43(24(2)3)34(44)30-17-26(37)8-11-31(30)48-32-18-38-23-39-33(32)42-21-35(22-42)12-14-41(15-13-35)19-28-10-9-27(20-47-28)40-49(45,46)29-7-5-6-25(36)16-29/h5-8,11,16-18,23-24,27-28,40H,4,9-10,12-15,19-22H2,1-3H3/t27-,28+/m1/s1. The molecule has 3 aliphatic rings. The number of ether oxygens (including phenoxy) is 2. The summed E-state index contributed by atoms with van der Waals surface area (Å²) in [7, 11) is -3.67. The maximum Gasteiger partial charge on any atom is 0.257 e. The molecule has 49 heavy (non-hydrogen) atoms. The van der Waals surface area contributed by atoms with E-state index < -0.39 is 15.8 Å². The fourth-order valence-corrected chi connectivity index (χ4v) is 8.64. The molecule has 1 N–H and O–H groups in total. The van der Waals surface area contributed by atoms with Gasteiger partial charge in [0.1, 0.15) is 17.9 Å². The number of halogens is 2. The summed E-state index contributed by atoms with van der Waals surface area (Å²) in [5.41, 5.74) is 0.334. The molecule has 4 heterocycles. The Bertz CT molecular complexity index is 1740. The van der Waals surface area contributed by atoms with Crippen molar-refractivity contribution in [2.45, 2.75) is 69.5 Å². The molecule has 6 rings (SSSR count). The maximum absolute atomic E-state index is 14.3. The number of hydrogen-bond donors (Lipinski definition) is 1. The highest BCUT2D eigenvalue weighted by molar-refractivity contribution is 7.89. The van der Waals surface area contributed by atoms with Gasteiger partial charge in [0.15, 0.2) is 11.6 Å². The molecule has 0 radical (unpaired) electrons. The number of nitrogens with one attached hydrogen (secondary N) is 1. The van der Waals surface area contributed by atoms with Gasteiger partial charge in [-0.2, -0.15) is 0 Å². The Hall–Kier alpha value is -3.36. The van der Waals surface area contributed by atoms with Crippen LogP contribution in [0, 0.1) is 11.2 Å². The average Bonchev–Trinajstić information content (AvgIpc) is 3.06. The molecule has 1 amide bonds. The quantitative estimate of drug-likeness (QED) is 0.280. The van der Waals surface area contributed by atoms with Crippen molar-refractivity contribution < 1.29 is 27.1 Å². The lowest BCUT2D eigenvalue weighted by Crippen LogP contribution is -2.61. The van der Waals surface area contributed by atoms with E-state index in [2.05, 4.69) is 24.5 Å². The van der Waals surface area contributed by atoms with E-state index in [4.69, 9.17) is 21.1 Å². The Balaban J connectivity index is 0.999. The van der Waals surface area contributed by atoms with Crippen LogP contribution in [0.2, 0.25) is 5.02 Å². The predicted molar refractivity (Wildman–Crippen MR) is 185 cm³/mol. The highest BCUT2D eigenvalue weighted by Crippen LogP contribution is 2.45. The molecule has 3 aliphatic heterocycles. The van der Waals surface area contributed by atoms with Gasteiger partial charge >= 0.3 is 0 Å². The molecular weight excluding hydrogens is 671 g/mol. The normalized spacial score (nSPS) is 21.1. The lowest BCUT2D eigenvalue weighted by Gasteiger charge is -2.54. The summed E-state index contributed by atoms with van der Waals surface area (Å²) in [6, 6.07) is 9.92. The van der Waals surface area contributed by atoms with E-state index in [1.165, 1.54) is 36.7 Å². The first kappa shape index (κ1) is 35.5. The number of likely N-dealkylation sites (tertiary alicyclic amines) is 1. The van der Waals surface area contributed by atoms with E-state index in [1.807, 2.05) is 20.8 Å². The minimum absolute atomic E-state index is 0.0510. The minimum atomic E-state index is -3.67. The Morgan fingerprint density at radius 1 is 1.16 bits per heavy atom. The van der Waals surface area contributed by atoms with Crippen LogP contribution >= 0.6 is 11.6 Å². The summed E-state index contributed by atoms with van der Waals surface area (Å²) in [5, 5.41) is 0.379. The largest absolute Gasteiger partial charge is 0.451 e. The zero-order valence-electron chi connectivity index (χ0n) is 28.1. The highest BCUT2D eigenvalue weighted by atomic mass is 35.5. The first-order chi connectivity index (χ1) is 23.4. The second-order valence-corrected chi connectivity index (χ2v) is 15.8. The lowest BCUT2D eigenvalue weighted by atomic mass is 9.72. The average molecular weight is 715 g/mol. The number of carbonyl (C=O) groups is 1. The number of anilines is 1. The number of carbonyl (C=O) groups excluding carboxylic acids is 1. The molecular formula is C35H44ClFN6O5S. The van der Waals surface area contributed by atoms with Crippen molar-refractivity contribution in [2.75, 3.05) is 50.8 Å². The fraction of sp³-hybridized carbons (Fsp3) is 0.514. The summed E-state index contributed by atoms with van der Waals surface area (Å²) < 4.78 is 55.0. The smallest absolute Gasteiger partial charge is 0.257 e. The van der Waals surface area contributed by atoms with Gasteiger partial charge in [-0.05, 0) is 95.9 Å². The van der Waals surface area contributed by atoms with Crippen molar-refractivity contribution in [1.29, 1.82) is 0 Å². The third kappa shape index (κ3) is 8.18. The molecule has 0 saturated carbocycles. The van der Waals surface area contributed by atoms with Crippen LogP contribution in [0.1, 0.15) is 56.8 Å². The van der Waals surface area contributed by atoms with E-state index in [0.29, 0.717) is 36.2 Å². The lowest BCUT2D eigenvalue weighted by molar-refractivity contribution is -0.0299. The summed E-state index contributed by atoms with van der Waals surface area (Å²) in [6.07, 6.45) is 6.71. The first-order valence-corrected chi connectivity index (χ1v) is 18.8. The molecule has 1 spiro atoms. The van der Waals surface area contributed by atoms with Crippen molar-refractivity contribution in [3.8, 4) is 11.5 Å². The van der Waals surface area contributed by atoms with Gasteiger partial charge in [-0.25, -0.2) is 27.5 Å². The number of aromatic nitrogens is 2. The second-order valence-electron chi connectivity index (χ2n) is 13.6. The Morgan fingerprint density at radius 3 is 2.61 bits per heavy atom. The number of amides is 1. The number of rotatable bonds is 11. The third-order valence-corrected chi connectivity index (χ3v) is 11.6. The predicted octanol–water partition coefficient (Wildman–Crippen LogP) is 5.36. The second kappa shape index (κ2) is 14.9. The van der Waals surface area contributed by atoms with Gasteiger partial charge in [0.05, 0.1) is 29.4 Å². The molecule has 0 aliphatic carbocycles. The molecule has 3 saturated heterocycles. The number of benzene rings is 2. The van der Waals surface area contributed by atoms with Crippen molar-refractivity contribution in [3.63, 3.8) is 0 Å². The van der Waals surface area contributed by atoms with Gasteiger partial charge in [-0.1, -0.05) is 17.7 Å². The molecule has 2 aromatic carbocycles. The van der Waals surface area contributed by atoms with Gasteiger partial charge in [0, 0.05) is 48.7 Å². The molecule has 14 heteroatoms. The van der Waals surface area contributed by atoms with E-state index in [-0.39, 0.29) is 45.7 Å². The summed E-state index contributed by atoms with van der Waals surface area (Å²) in [6.45, 7) is 11.0. The SMILES string of the molecule is CCN(C(=O)c1cc(F)ccc1Oc1cncnc1N1CC2(CCN(C[C@@H]3CC[C@@H](NS(=O)(=O)c4cccc(Cl)c4)CO3)CC2)C1)C(C)C. The Morgan fingerprint density at radius 2 is 1.94 bits per heavy atom. The monoisotopic (exact) mass is 714 g/mol. The van der Waals surface area contributed by atoms with Crippen LogP contribution in [-0.4, -0.2) is 98.2 Å². The van der Waals surface area contributed by atoms with Gasteiger partial charge in [-0.3, -0.25) is 4.79 Å². The van der Waals surface area contributed by atoms with E-state index >= 15 is 0 Å². The van der Waals surface area contributed by atoms with Crippen molar-refractivity contribution in [2.24, 2.45) is 5.41 Å². The van der Waals surface area contributed by atoms with E-state index in [0.717, 1.165) is 52.0 Å². The molecule has 264 valence electrons. The number of hydrogen-bond acceptors (Lipinski definition) is 9. The number of nitrogens with zero attached hydrogens (tertiary/aromatic N) is 5. The Kier molecular flexibility index (Phi) is 10.8. The molecule has 2 atom stereocenters. The van der Waals surface area contributed by atoms with Crippen LogP contribution in [0.25, 0.3) is 0 Å². The fourth-order valence-electron chi connectivity index (χ4n) is 7.09. The van der Waals surface area contributed by atoms with Crippen LogP contribution in [0.5, 0.6) is 11.5 Å². The summed E-state index contributed by atoms with van der Waals surface area (Å²) in [4.78, 5) is 28.5. The van der Waals surface area contributed by atoms with Crippen molar-refractivity contribution in [3.05, 3.63) is 71.4 Å². The zero-order chi connectivity index (χ0) is 34.8. The van der Waals surface area contributed by atoms with Crippen LogP contribution in [0.4, 0.5) is 10.2 Å². The van der Waals surface area contributed by atoms with Gasteiger partial charge < -0.3 is 24.2 Å². The third-order valence-electron chi connectivity index (χ3n) is 9.80. The van der Waals surface area contributed by atoms with Crippen LogP contribution < -0.4 is 14.4 Å². The number of piperidine rings is 1. The molecule has 0 unspecified atom stereocenters. The first-order valence-electron chi connectivity index (χ1n) is 16.9. The maximum atomic E-state index is 14.3. The Labute approximate surface area is 292 Å². The molecule has 11 nitrogen and oxygen atoms in total. The summed E-state index contributed by atoms with van der Waals surface area (Å²) >= 11 is 5.99. The van der Waals surface area contributed by atoms with Gasteiger partial charge in [0.25, 0.3) is 5.91 Å². The van der Waals surface area contributed by atoms with Gasteiger partial charge in [-0.15, -0.1) is 0 Å².